The molecule has 0 aromatic carbocycles. The van der Waals surface area contributed by atoms with Crippen LogP contribution in [0.1, 0.15) is 46.5 Å². The zero-order valence-corrected chi connectivity index (χ0v) is 20.9. The van der Waals surface area contributed by atoms with E-state index in [4.69, 9.17) is 23.7 Å². The molecule has 1 saturated carbocycles. The van der Waals surface area contributed by atoms with E-state index in [1.807, 2.05) is 0 Å². The lowest BCUT2D eigenvalue weighted by Crippen LogP contribution is -2.66. The van der Waals surface area contributed by atoms with Crippen LogP contribution in [0.3, 0.4) is 0 Å². The molecule has 196 valence electrons. The van der Waals surface area contributed by atoms with Crippen LogP contribution in [-0.4, -0.2) is 72.9 Å². The van der Waals surface area contributed by atoms with E-state index in [2.05, 4.69) is 19.9 Å². The van der Waals surface area contributed by atoms with Gasteiger partial charge in [0.05, 0.1) is 30.8 Å². The van der Waals surface area contributed by atoms with E-state index in [0.717, 1.165) is 6.42 Å². The Morgan fingerprint density at radius 2 is 1.75 bits per heavy atom. The number of ether oxygens (including phenoxy) is 5. The Hall–Kier alpha value is -2.49. The summed E-state index contributed by atoms with van der Waals surface area (Å²) >= 11 is 0. The van der Waals surface area contributed by atoms with Gasteiger partial charge in [0.2, 0.25) is 0 Å². The second-order valence-electron chi connectivity index (χ2n) is 11.0. The molecular formula is C27H34O9. The minimum atomic E-state index is -1.37. The van der Waals surface area contributed by atoms with Crippen LogP contribution in [0.25, 0.3) is 0 Å². The second kappa shape index (κ2) is 9.11. The minimum Gasteiger partial charge on any atom is -0.463 e. The van der Waals surface area contributed by atoms with Crippen LogP contribution in [0.5, 0.6) is 0 Å². The van der Waals surface area contributed by atoms with Gasteiger partial charge >= 0.3 is 17.9 Å². The molecule has 0 radical (unpaired) electrons. The molecule has 0 aromatic rings. The highest BCUT2D eigenvalue weighted by Gasteiger charge is 2.83. The lowest BCUT2D eigenvalue weighted by atomic mass is 9.51. The van der Waals surface area contributed by atoms with E-state index in [-0.39, 0.29) is 31.8 Å². The molecule has 2 aliphatic carbocycles. The van der Waals surface area contributed by atoms with Crippen molar-refractivity contribution in [2.45, 2.75) is 76.5 Å². The zero-order valence-electron chi connectivity index (χ0n) is 20.9. The number of aliphatic hydroxyl groups excluding tert-OH is 1. The number of carbonyl (C=O) groups excluding carboxylic acids is 3. The zero-order chi connectivity index (χ0) is 25.7. The van der Waals surface area contributed by atoms with Crippen molar-refractivity contribution < 1.29 is 43.2 Å². The van der Waals surface area contributed by atoms with Crippen molar-refractivity contribution in [1.29, 1.82) is 0 Å². The number of epoxide rings is 1. The average molecular weight is 503 g/mol. The van der Waals surface area contributed by atoms with Gasteiger partial charge in [-0.05, 0) is 32.1 Å². The number of cyclic esters (lactones) is 2. The summed E-state index contributed by atoms with van der Waals surface area (Å²) < 4.78 is 29.6. The lowest BCUT2D eigenvalue weighted by Gasteiger charge is -2.58. The van der Waals surface area contributed by atoms with Crippen molar-refractivity contribution in [2.24, 2.45) is 16.7 Å². The van der Waals surface area contributed by atoms with E-state index in [0.29, 0.717) is 19.4 Å². The molecule has 1 N–H and O–H groups in total. The van der Waals surface area contributed by atoms with Gasteiger partial charge in [0.25, 0.3) is 0 Å². The van der Waals surface area contributed by atoms with Gasteiger partial charge in [-0.1, -0.05) is 37.6 Å². The first-order valence-corrected chi connectivity index (χ1v) is 12.7. The van der Waals surface area contributed by atoms with Crippen molar-refractivity contribution in [3.63, 3.8) is 0 Å². The highest BCUT2D eigenvalue weighted by atomic mass is 16.6. The van der Waals surface area contributed by atoms with Gasteiger partial charge in [0, 0.05) is 24.0 Å². The minimum absolute atomic E-state index is 0.00000344. The number of hydrogen-bond acceptors (Lipinski definition) is 9. The molecule has 9 nitrogen and oxygen atoms in total. The number of aliphatic hydroxyl groups is 1. The molecule has 3 fully saturated rings. The maximum Gasteiger partial charge on any atom is 0.335 e. The predicted molar refractivity (Wildman–Crippen MR) is 125 cm³/mol. The second-order valence-corrected chi connectivity index (χ2v) is 11.0. The predicted octanol–water partition coefficient (Wildman–Crippen LogP) is 2.17. The van der Waals surface area contributed by atoms with Crippen molar-refractivity contribution in [2.75, 3.05) is 19.8 Å². The monoisotopic (exact) mass is 502 g/mol. The molecule has 2 saturated heterocycles. The molecule has 36 heavy (non-hydrogen) atoms. The van der Waals surface area contributed by atoms with Crippen LogP contribution >= 0.6 is 0 Å². The molecule has 3 aliphatic heterocycles. The fourth-order valence-corrected chi connectivity index (χ4v) is 6.65. The summed E-state index contributed by atoms with van der Waals surface area (Å²) in [5, 5.41) is 10.6. The molecule has 5 aliphatic rings. The molecule has 0 amide bonds. The largest absolute Gasteiger partial charge is 0.463 e. The topological polar surface area (TPSA) is 121 Å². The summed E-state index contributed by atoms with van der Waals surface area (Å²) in [5.41, 5.74) is -0.820. The third kappa shape index (κ3) is 3.83. The van der Waals surface area contributed by atoms with Crippen LogP contribution in [0, 0.1) is 16.7 Å². The number of hydrogen-bond donors (Lipinski definition) is 1. The number of rotatable bonds is 0. The van der Waals surface area contributed by atoms with Crippen molar-refractivity contribution >= 4 is 17.9 Å². The quantitative estimate of drug-likeness (QED) is 0.230. The van der Waals surface area contributed by atoms with Gasteiger partial charge in [-0.3, -0.25) is 0 Å². The molecule has 9 heteroatoms. The maximum absolute atomic E-state index is 12.9. The Morgan fingerprint density at radius 1 is 1.03 bits per heavy atom. The van der Waals surface area contributed by atoms with Crippen LogP contribution in [-0.2, 0) is 38.1 Å². The first-order chi connectivity index (χ1) is 17.1. The van der Waals surface area contributed by atoms with E-state index < -0.39 is 52.5 Å². The van der Waals surface area contributed by atoms with Gasteiger partial charge < -0.3 is 28.8 Å². The molecule has 3 heterocycles. The summed E-state index contributed by atoms with van der Waals surface area (Å²) in [7, 11) is 0. The standard InChI is InChI=1S/C27H34O9/c1-16-8-10-26-14-33-24(31)23(30)17(2)9-11-32-21(28)6-4-5-7-22(29)36-18-13-20(35-19(26)12-16)27(15-34-27)25(18,26)3/h4-7,12,17-20,23,30H,8-11,13-15H2,1-3H3/b6-4+,7-5+/t17-,18-,19-,20+,23+,25+,26-,27+/m1/s1. The van der Waals surface area contributed by atoms with Gasteiger partial charge in [-0.2, -0.15) is 0 Å². The number of carbonyl (C=O) groups is 3. The summed E-state index contributed by atoms with van der Waals surface area (Å²) in [4.78, 5) is 37.6. The highest BCUT2D eigenvalue weighted by Crippen LogP contribution is 2.72. The molecule has 0 unspecified atom stereocenters. The summed E-state index contributed by atoms with van der Waals surface area (Å²) in [6.07, 6.45) is 7.11. The van der Waals surface area contributed by atoms with Crippen LogP contribution in [0.15, 0.2) is 36.0 Å². The smallest absolute Gasteiger partial charge is 0.335 e. The number of esters is 3. The third-order valence-corrected chi connectivity index (χ3v) is 9.12. The first kappa shape index (κ1) is 25.2. The van der Waals surface area contributed by atoms with E-state index in [1.165, 1.54) is 29.9 Å². The summed E-state index contributed by atoms with van der Waals surface area (Å²) in [6, 6.07) is 0. The van der Waals surface area contributed by atoms with Gasteiger partial charge in [-0.15, -0.1) is 0 Å². The van der Waals surface area contributed by atoms with Gasteiger partial charge in [0.1, 0.15) is 18.3 Å². The lowest BCUT2D eigenvalue weighted by molar-refractivity contribution is -0.234. The Kier molecular flexibility index (Phi) is 6.37. The molecule has 2 spiro atoms. The molecular weight excluding hydrogens is 468 g/mol. The Bertz CT molecular complexity index is 1020. The average Bonchev–Trinajstić information content (AvgIpc) is 3.62. The maximum atomic E-state index is 12.9. The van der Waals surface area contributed by atoms with Crippen LogP contribution in [0.4, 0.5) is 0 Å². The highest BCUT2D eigenvalue weighted by molar-refractivity contribution is 5.84. The van der Waals surface area contributed by atoms with Gasteiger partial charge in [-0.25, -0.2) is 14.4 Å². The fraction of sp³-hybridized carbons (Fsp3) is 0.667. The van der Waals surface area contributed by atoms with Crippen LogP contribution < -0.4 is 0 Å². The SMILES string of the molecule is CC1=C[C@H]2O[C@H]3C[C@H]4OC(=O)/C=C/C=C/C(=O)OCC[C@@H](C)[C@H](O)C(=O)OC[C@@]2(CC1)[C@@]4(C)[C@]31CO1. The molecule has 0 aromatic heterocycles. The normalized spacial score (nSPS) is 46.8. The van der Waals surface area contributed by atoms with Crippen molar-refractivity contribution in [3.05, 3.63) is 36.0 Å². The van der Waals surface area contributed by atoms with Crippen LogP contribution in [0.2, 0.25) is 0 Å². The first-order valence-electron chi connectivity index (χ1n) is 12.7. The van der Waals surface area contributed by atoms with Crippen molar-refractivity contribution in [1.82, 2.24) is 0 Å². The van der Waals surface area contributed by atoms with E-state index in [1.54, 1.807) is 6.92 Å². The molecule has 2 bridgehead atoms. The van der Waals surface area contributed by atoms with E-state index >= 15 is 0 Å². The summed E-state index contributed by atoms with van der Waals surface area (Å²) in [6.45, 7) is 6.34. The molecule has 8 atom stereocenters. The molecule has 5 rings (SSSR count). The van der Waals surface area contributed by atoms with E-state index in [9.17, 15) is 19.5 Å². The third-order valence-electron chi connectivity index (χ3n) is 9.12. The number of allylic oxidation sites excluding steroid dienone is 3. The fourth-order valence-electron chi connectivity index (χ4n) is 6.65. The van der Waals surface area contributed by atoms with Crippen molar-refractivity contribution in [3.8, 4) is 0 Å². The Labute approximate surface area is 210 Å². The Balaban J connectivity index is 1.52. The Morgan fingerprint density at radius 3 is 2.47 bits per heavy atom. The summed E-state index contributed by atoms with van der Waals surface area (Å²) in [5.74, 6) is -2.34. The van der Waals surface area contributed by atoms with Gasteiger partial charge in [0.15, 0.2) is 6.10 Å².